The van der Waals surface area contributed by atoms with Crippen LogP contribution in [0.5, 0.6) is 0 Å². The van der Waals surface area contributed by atoms with Gasteiger partial charge < -0.3 is 4.74 Å². The maximum atomic E-state index is 12.4. The minimum absolute atomic E-state index is 0.120. The second-order valence-electron chi connectivity index (χ2n) is 5.71. The topological polar surface area (TPSA) is 75.7 Å². The summed E-state index contributed by atoms with van der Waals surface area (Å²) in [5.74, 6) is -2.14. The lowest BCUT2D eigenvalue weighted by Gasteiger charge is -2.18. The van der Waals surface area contributed by atoms with Gasteiger partial charge in [0.2, 0.25) is 5.91 Å². The molecule has 1 N–H and O–H groups in total. The van der Waals surface area contributed by atoms with Gasteiger partial charge in [0, 0.05) is 0 Å². The van der Waals surface area contributed by atoms with Gasteiger partial charge in [-0.2, -0.15) is 5.01 Å². The van der Waals surface area contributed by atoms with Crippen LogP contribution in [0.1, 0.15) is 5.56 Å². The van der Waals surface area contributed by atoms with Crippen molar-refractivity contribution in [1.29, 1.82) is 0 Å². The molecule has 6 heteroatoms. The van der Waals surface area contributed by atoms with Crippen LogP contribution in [0, 0.1) is 11.8 Å². The Morgan fingerprint density at radius 2 is 1.64 bits per heavy atom. The standard InChI is InChI=1S/C16H14N2O4/c19-12(8-9-4-2-1-3-5-9)17-18-15(20)13-10-6-7-11(22-10)14(13)16(18)21/h1-7,10-11,13-14H,8H2,(H,17,19)/t10-,11-,13-,14-/m1/s1. The fourth-order valence-electron chi connectivity index (χ4n) is 3.36. The van der Waals surface area contributed by atoms with Crippen molar-refractivity contribution in [1.82, 2.24) is 10.4 Å². The van der Waals surface area contributed by atoms with Gasteiger partial charge in [-0.05, 0) is 5.56 Å². The molecule has 0 aliphatic carbocycles. The van der Waals surface area contributed by atoms with E-state index < -0.39 is 11.8 Å². The van der Waals surface area contributed by atoms with Crippen molar-refractivity contribution in [2.24, 2.45) is 11.8 Å². The van der Waals surface area contributed by atoms with E-state index in [4.69, 9.17) is 4.74 Å². The van der Waals surface area contributed by atoms with E-state index in [1.807, 2.05) is 42.5 Å². The van der Waals surface area contributed by atoms with Gasteiger partial charge in [0.15, 0.2) is 0 Å². The molecule has 2 fully saturated rings. The van der Waals surface area contributed by atoms with Crippen LogP contribution in [0.4, 0.5) is 0 Å². The lowest BCUT2D eigenvalue weighted by Crippen LogP contribution is -2.48. The second kappa shape index (κ2) is 4.78. The summed E-state index contributed by atoms with van der Waals surface area (Å²) in [5, 5.41) is 0.871. The Bertz CT molecular complexity index is 655. The molecule has 2 bridgehead atoms. The van der Waals surface area contributed by atoms with E-state index in [0.717, 1.165) is 10.6 Å². The van der Waals surface area contributed by atoms with Crippen LogP contribution in [0.15, 0.2) is 42.5 Å². The summed E-state index contributed by atoms with van der Waals surface area (Å²) in [7, 11) is 0. The molecule has 1 aromatic rings. The van der Waals surface area contributed by atoms with E-state index in [9.17, 15) is 14.4 Å². The van der Waals surface area contributed by atoms with E-state index in [-0.39, 0.29) is 36.4 Å². The van der Waals surface area contributed by atoms with E-state index in [1.165, 1.54) is 0 Å². The predicted octanol–water partition coefficient (Wildman–Crippen LogP) is 0.199. The molecule has 4 rings (SSSR count). The number of ether oxygens (including phenoxy) is 1. The number of carbonyl (C=O) groups excluding carboxylic acids is 3. The number of carbonyl (C=O) groups is 3. The van der Waals surface area contributed by atoms with E-state index in [0.29, 0.717) is 0 Å². The molecule has 3 heterocycles. The number of rotatable bonds is 3. The Balaban J connectivity index is 1.47. The zero-order valence-corrected chi connectivity index (χ0v) is 11.6. The first-order valence-electron chi connectivity index (χ1n) is 7.20. The third kappa shape index (κ3) is 1.88. The van der Waals surface area contributed by atoms with E-state index >= 15 is 0 Å². The van der Waals surface area contributed by atoms with Crippen molar-refractivity contribution in [3.05, 3.63) is 48.0 Å². The molecular formula is C16H14N2O4. The van der Waals surface area contributed by atoms with Crippen LogP contribution in [0.25, 0.3) is 0 Å². The van der Waals surface area contributed by atoms with Gasteiger partial charge in [0.25, 0.3) is 11.8 Å². The molecule has 22 heavy (non-hydrogen) atoms. The molecule has 6 nitrogen and oxygen atoms in total. The molecule has 0 unspecified atom stereocenters. The van der Waals surface area contributed by atoms with Crippen molar-refractivity contribution in [3.63, 3.8) is 0 Å². The summed E-state index contributed by atoms with van der Waals surface area (Å²) in [4.78, 5) is 36.8. The normalized spacial score (nSPS) is 31.7. The zero-order valence-electron chi connectivity index (χ0n) is 11.6. The molecule has 3 aliphatic heterocycles. The van der Waals surface area contributed by atoms with Crippen molar-refractivity contribution in [2.45, 2.75) is 18.6 Å². The Morgan fingerprint density at radius 3 is 2.23 bits per heavy atom. The SMILES string of the molecule is O=C(Cc1ccccc1)NN1C(=O)[C@H]2[C@H](C1=O)[C@H]1C=C[C@H]2O1. The smallest absolute Gasteiger partial charge is 0.255 e. The number of nitrogens with one attached hydrogen (secondary N) is 1. The van der Waals surface area contributed by atoms with Gasteiger partial charge in [-0.15, -0.1) is 0 Å². The van der Waals surface area contributed by atoms with Gasteiger partial charge in [0.1, 0.15) is 0 Å². The Morgan fingerprint density at radius 1 is 1.05 bits per heavy atom. The monoisotopic (exact) mass is 298 g/mol. The Kier molecular flexibility index (Phi) is 2.87. The number of amides is 3. The van der Waals surface area contributed by atoms with Crippen molar-refractivity contribution in [3.8, 4) is 0 Å². The lowest BCUT2D eigenvalue weighted by molar-refractivity contribution is -0.151. The number of imide groups is 1. The van der Waals surface area contributed by atoms with Gasteiger partial charge in [-0.1, -0.05) is 42.5 Å². The maximum absolute atomic E-state index is 12.4. The average molecular weight is 298 g/mol. The largest absolute Gasteiger partial charge is 0.365 e. The highest BCUT2D eigenvalue weighted by Gasteiger charge is 2.61. The number of hydrogen-bond donors (Lipinski definition) is 1. The highest BCUT2D eigenvalue weighted by atomic mass is 16.5. The second-order valence-corrected chi connectivity index (χ2v) is 5.71. The van der Waals surface area contributed by atoms with E-state index in [1.54, 1.807) is 0 Å². The number of benzene rings is 1. The van der Waals surface area contributed by atoms with Crippen molar-refractivity contribution < 1.29 is 19.1 Å². The molecular weight excluding hydrogens is 284 g/mol. The number of hydrogen-bond acceptors (Lipinski definition) is 4. The van der Waals surface area contributed by atoms with Crippen LogP contribution in [0.2, 0.25) is 0 Å². The third-order valence-corrected chi connectivity index (χ3v) is 4.35. The van der Waals surface area contributed by atoms with Crippen LogP contribution < -0.4 is 5.43 Å². The fourth-order valence-corrected chi connectivity index (χ4v) is 3.36. The molecule has 2 saturated heterocycles. The fraction of sp³-hybridized carbons (Fsp3) is 0.312. The van der Waals surface area contributed by atoms with Crippen LogP contribution in [-0.4, -0.2) is 34.9 Å². The highest BCUT2D eigenvalue weighted by Crippen LogP contribution is 2.44. The molecule has 0 saturated carbocycles. The highest BCUT2D eigenvalue weighted by molar-refractivity contribution is 6.07. The summed E-state index contributed by atoms with van der Waals surface area (Å²) in [5.41, 5.74) is 3.26. The predicted molar refractivity (Wildman–Crippen MR) is 74.9 cm³/mol. The minimum Gasteiger partial charge on any atom is -0.365 e. The van der Waals surface area contributed by atoms with Crippen molar-refractivity contribution >= 4 is 17.7 Å². The lowest BCUT2D eigenvalue weighted by atomic mass is 9.85. The van der Waals surface area contributed by atoms with Gasteiger partial charge >= 0.3 is 0 Å². The molecule has 112 valence electrons. The summed E-state index contributed by atoms with van der Waals surface area (Å²) < 4.78 is 5.54. The summed E-state index contributed by atoms with van der Waals surface area (Å²) in [6, 6.07) is 9.17. The molecule has 3 aliphatic rings. The molecule has 0 aromatic heterocycles. The Hall–Kier alpha value is -2.47. The van der Waals surface area contributed by atoms with Crippen LogP contribution >= 0.6 is 0 Å². The van der Waals surface area contributed by atoms with Gasteiger partial charge in [-0.3, -0.25) is 19.8 Å². The first-order chi connectivity index (χ1) is 10.6. The van der Waals surface area contributed by atoms with Crippen molar-refractivity contribution in [2.75, 3.05) is 0 Å². The molecule has 0 spiro atoms. The number of fused-ring (bicyclic) bond motifs is 5. The molecule has 3 amide bonds. The molecule has 1 aromatic carbocycles. The quantitative estimate of drug-likeness (QED) is 0.639. The summed E-state index contributed by atoms with van der Waals surface area (Å²) in [6.45, 7) is 0. The zero-order chi connectivity index (χ0) is 15.3. The molecule has 4 atom stereocenters. The van der Waals surface area contributed by atoms with Gasteiger partial charge in [-0.25, -0.2) is 0 Å². The van der Waals surface area contributed by atoms with E-state index in [2.05, 4.69) is 5.43 Å². The van der Waals surface area contributed by atoms with Crippen LogP contribution in [-0.2, 0) is 25.5 Å². The number of hydrazine groups is 1. The first kappa shape index (κ1) is 13.2. The number of nitrogens with zero attached hydrogens (tertiary/aromatic N) is 1. The summed E-state index contributed by atoms with van der Waals surface area (Å²) >= 11 is 0. The average Bonchev–Trinajstić information content (AvgIpc) is 3.18. The molecule has 0 radical (unpaired) electrons. The minimum atomic E-state index is -0.500. The maximum Gasteiger partial charge on any atom is 0.255 e. The Labute approximate surface area is 126 Å². The third-order valence-electron chi connectivity index (χ3n) is 4.35. The van der Waals surface area contributed by atoms with Gasteiger partial charge in [0.05, 0.1) is 30.5 Å². The van der Waals surface area contributed by atoms with Crippen LogP contribution in [0.3, 0.4) is 0 Å². The first-order valence-corrected chi connectivity index (χ1v) is 7.20. The summed E-state index contributed by atoms with van der Waals surface area (Å²) in [6.07, 6.45) is 3.05.